The molecule has 0 fully saturated rings. The van der Waals surface area contributed by atoms with Crippen molar-refractivity contribution in [1.29, 1.82) is 0 Å². The van der Waals surface area contributed by atoms with Crippen LogP contribution in [0.3, 0.4) is 0 Å². The van der Waals surface area contributed by atoms with Crippen LogP contribution in [-0.4, -0.2) is 0 Å². The van der Waals surface area contributed by atoms with Gasteiger partial charge >= 0.3 is 40.4 Å². The Kier molecular flexibility index (Phi) is 3.08. The zero-order valence-electron chi connectivity index (χ0n) is 1.71. The first-order chi connectivity index (χ1) is 1.73. The van der Waals surface area contributed by atoms with Gasteiger partial charge in [-0.2, -0.15) is 0 Å². The molecule has 0 aliphatic rings. The first-order valence-electron chi connectivity index (χ1n) is 0.655. The SMILES string of the molecule is [F][Pr]([F])[F]. The van der Waals surface area contributed by atoms with Crippen LogP contribution in [0.4, 0.5) is 2.88 Å². The Balaban J connectivity index is 2.32. The third-order valence-corrected chi connectivity index (χ3v) is 0. The molecule has 4 heteroatoms. The maximum atomic E-state index is 9.89. The molecular weight excluding hydrogens is 198 g/mol. The first kappa shape index (κ1) is 5.15. The predicted molar refractivity (Wildman–Crippen MR) is 3.32 cm³/mol. The van der Waals surface area contributed by atoms with Crippen LogP contribution in [0.15, 0.2) is 0 Å². The fourth-order valence-corrected chi connectivity index (χ4v) is 0. The summed E-state index contributed by atoms with van der Waals surface area (Å²) in [4.78, 5) is 0. The molecule has 0 unspecified atom stereocenters. The second-order valence-corrected chi connectivity index (χ2v) is 1.84. The van der Waals surface area contributed by atoms with Crippen LogP contribution in [-0.2, 0) is 0 Å². The van der Waals surface area contributed by atoms with Crippen molar-refractivity contribution in [3.05, 3.63) is 0 Å². The van der Waals surface area contributed by atoms with Crippen molar-refractivity contribution in [3.63, 3.8) is 0 Å². The van der Waals surface area contributed by atoms with E-state index in [0.717, 1.165) is 0 Å². The molecular formula is F3Pr. The Hall–Kier alpha value is 1.15. The number of hydrogen-bond donors (Lipinski definition) is 0. The molecule has 0 rings (SSSR count). The van der Waals surface area contributed by atoms with Crippen LogP contribution in [0, 0.1) is 37.5 Å². The summed E-state index contributed by atoms with van der Waals surface area (Å²) in [5, 5.41) is 0. The second-order valence-electron chi connectivity index (χ2n) is 0.247. The van der Waals surface area contributed by atoms with E-state index in [1.807, 2.05) is 0 Å². The van der Waals surface area contributed by atoms with Crippen LogP contribution in [0.2, 0.25) is 0 Å². The van der Waals surface area contributed by atoms with Gasteiger partial charge in [0.05, 0.1) is 0 Å². The first-order valence-corrected chi connectivity index (χ1v) is 4.86. The molecule has 0 nitrogen and oxygen atoms in total. The molecule has 0 saturated heterocycles. The summed E-state index contributed by atoms with van der Waals surface area (Å²) in [5.74, 6) is 0. The summed E-state index contributed by atoms with van der Waals surface area (Å²) < 4.78 is 29.7. The zero-order chi connectivity index (χ0) is 3.58. The van der Waals surface area contributed by atoms with Crippen LogP contribution in [0.1, 0.15) is 0 Å². The summed E-state index contributed by atoms with van der Waals surface area (Å²) in [7, 11) is 0. The molecule has 0 aliphatic heterocycles. The molecule has 24 valence electrons. The van der Waals surface area contributed by atoms with Crippen molar-refractivity contribution in [3.8, 4) is 0 Å². The van der Waals surface area contributed by atoms with Gasteiger partial charge in [-0.25, -0.2) is 0 Å². The third kappa shape index (κ3) is 11.0. The van der Waals surface area contributed by atoms with Gasteiger partial charge in [-0.3, -0.25) is 0 Å². The van der Waals surface area contributed by atoms with Crippen LogP contribution in [0.5, 0.6) is 0 Å². The summed E-state index contributed by atoms with van der Waals surface area (Å²) in [5.41, 5.74) is 0. The number of rotatable bonds is 0. The average Bonchev–Trinajstić information content (AvgIpc) is 0.811. The van der Waals surface area contributed by atoms with E-state index in [4.69, 9.17) is 0 Å². The minimum atomic E-state index is -5.22. The Labute approximate surface area is 40.0 Å². The fourth-order valence-electron chi connectivity index (χ4n) is 0. The van der Waals surface area contributed by atoms with Gasteiger partial charge in [-0.05, 0) is 0 Å². The van der Waals surface area contributed by atoms with Gasteiger partial charge in [0.25, 0.3) is 0 Å². The summed E-state index contributed by atoms with van der Waals surface area (Å²) in [6, 6.07) is 0. The normalized spacial score (nSPS) is 6.75. The molecule has 0 aromatic heterocycles. The van der Waals surface area contributed by atoms with Gasteiger partial charge in [0.2, 0.25) is 0 Å². The van der Waals surface area contributed by atoms with E-state index >= 15 is 0 Å². The van der Waals surface area contributed by atoms with Gasteiger partial charge in [-0.15, -0.1) is 0 Å². The minimum absolute atomic E-state index is 5.22. The van der Waals surface area contributed by atoms with Crippen molar-refractivity contribution in [2.75, 3.05) is 0 Å². The van der Waals surface area contributed by atoms with E-state index < -0.39 is 37.5 Å². The molecule has 0 N–H and O–H groups in total. The quantitative estimate of drug-likeness (QED) is 0.549. The monoisotopic (exact) mass is 198 g/mol. The van der Waals surface area contributed by atoms with Crippen LogP contribution >= 0.6 is 0 Å². The second kappa shape index (κ2) is 2.39. The molecule has 0 amide bonds. The molecule has 4 heavy (non-hydrogen) atoms. The Morgan fingerprint density at radius 3 is 1.00 bits per heavy atom. The Morgan fingerprint density at radius 1 is 1.00 bits per heavy atom. The molecule has 0 bridgehead atoms. The maximum absolute atomic E-state index is 9.89. The van der Waals surface area contributed by atoms with Gasteiger partial charge in [0.15, 0.2) is 0 Å². The van der Waals surface area contributed by atoms with Crippen molar-refractivity contribution in [2.24, 2.45) is 0 Å². The van der Waals surface area contributed by atoms with Crippen molar-refractivity contribution < 1.29 is 40.4 Å². The third-order valence-electron chi connectivity index (χ3n) is 0. The summed E-state index contributed by atoms with van der Waals surface area (Å²) in [6.07, 6.45) is 0. The van der Waals surface area contributed by atoms with Crippen LogP contribution < -0.4 is 0 Å². The number of hydrogen-bond acceptors (Lipinski definition) is 0. The molecule has 0 aromatic rings. The van der Waals surface area contributed by atoms with E-state index in [9.17, 15) is 2.88 Å². The van der Waals surface area contributed by atoms with Crippen molar-refractivity contribution >= 4 is 0 Å². The van der Waals surface area contributed by atoms with Crippen molar-refractivity contribution in [2.45, 2.75) is 0 Å². The van der Waals surface area contributed by atoms with Gasteiger partial charge < -0.3 is 0 Å². The Bertz CT molecular complexity index is 8.00. The summed E-state index contributed by atoms with van der Waals surface area (Å²) in [6.45, 7) is 0. The predicted octanol–water partition coefficient (Wildman–Crippen LogP) is 1.26. The van der Waals surface area contributed by atoms with Gasteiger partial charge in [0.1, 0.15) is 0 Å². The van der Waals surface area contributed by atoms with E-state index in [2.05, 4.69) is 0 Å². The molecule has 0 spiro atoms. The number of halogens is 3. The molecule has 0 heterocycles. The topological polar surface area (TPSA) is 0 Å². The average molecular weight is 198 g/mol. The Morgan fingerprint density at radius 2 is 1.00 bits per heavy atom. The zero-order valence-corrected chi connectivity index (χ0v) is 5.42. The van der Waals surface area contributed by atoms with Gasteiger partial charge in [0, 0.05) is 0 Å². The molecule has 0 saturated carbocycles. The molecule has 0 aliphatic carbocycles. The molecule has 0 radical (unpaired) electrons. The van der Waals surface area contributed by atoms with Gasteiger partial charge in [-0.1, -0.05) is 0 Å². The standard InChI is InChI=1S/3FH.Pr/h3*1H;/q;;;+3/p-3. The fraction of sp³-hybridized carbons (Fsp3) is 0. The van der Waals surface area contributed by atoms with E-state index in [1.54, 1.807) is 0 Å². The van der Waals surface area contributed by atoms with E-state index in [0.29, 0.717) is 0 Å². The van der Waals surface area contributed by atoms with E-state index in [-0.39, 0.29) is 0 Å². The van der Waals surface area contributed by atoms with E-state index in [1.165, 1.54) is 0 Å². The molecule has 0 atom stereocenters. The van der Waals surface area contributed by atoms with Crippen molar-refractivity contribution in [1.82, 2.24) is 0 Å². The summed E-state index contributed by atoms with van der Waals surface area (Å²) >= 11 is -5.22. The van der Waals surface area contributed by atoms with Crippen LogP contribution in [0.25, 0.3) is 0 Å². The molecule has 0 aromatic carbocycles.